The molecule has 0 saturated heterocycles. The zero-order valence-corrected chi connectivity index (χ0v) is 11.9. The summed E-state index contributed by atoms with van der Waals surface area (Å²) in [5.41, 5.74) is 1.40. The Hall–Kier alpha value is -1.14. The SMILES string of the molecule is CCCNCC(C)S(=O)(=O)Nc1cnccc1C. The van der Waals surface area contributed by atoms with E-state index in [4.69, 9.17) is 0 Å². The Morgan fingerprint density at radius 3 is 2.78 bits per heavy atom. The molecule has 2 N–H and O–H groups in total. The van der Waals surface area contributed by atoms with Gasteiger partial charge in [-0.1, -0.05) is 6.92 Å². The number of aryl methyl sites for hydroxylation is 1. The van der Waals surface area contributed by atoms with Crippen LogP contribution in [-0.4, -0.2) is 31.7 Å². The van der Waals surface area contributed by atoms with E-state index in [9.17, 15) is 8.42 Å². The zero-order valence-electron chi connectivity index (χ0n) is 11.1. The van der Waals surface area contributed by atoms with Crippen LogP contribution in [0, 0.1) is 6.92 Å². The van der Waals surface area contributed by atoms with Crippen molar-refractivity contribution in [2.75, 3.05) is 17.8 Å². The minimum absolute atomic E-state index is 0.447. The first kappa shape index (κ1) is 14.9. The number of hydrogen-bond donors (Lipinski definition) is 2. The molecule has 0 aliphatic heterocycles. The molecule has 1 aromatic rings. The highest BCUT2D eigenvalue weighted by Gasteiger charge is 2.20. The molecule has 0 saturated carbocycles. The molecule has 0 aliphatic rings. The Labute approximate surface area is 109 Å². The summed E-state index contributed by atoms with van der Waals surface area (Å²) in [5, 5.41) is 2.62. The van der Waals surface area contributed by atoms with Gasteiger partial charge in [-0.05, 0) is 38.4 Å². The number of rotatable bonds is 7. The maximum Gasteiger partial charge on any atom is 0.236 e. The maximum absolute atomic E-state index is 12.1. The second-order valence-corrected chi connectivity index (χ2v) is 6.45. The van der Waals surface area contributed by atoms with E-state index < -0.39 is 15.3 Å². The van der Waals surface area contributed by atoms with Crippen molar-refractivity contribution in [1.29, 1.82) is 0 Å². The minimum Gasteiger partial charge on any atom is -0.315 e. The van der Waals surface area contributed by atoms with E-state index in [0.717, 1.165) is 18.5 Å². The molecule has 0 spiro atoms. The largest absolute Gasteiger partial charge is 0.315 e. The van der Waals surface area contributed by atoms with E-state index in [-0.39, 0.29) is 0 Å². The van der Waals surface area contributed by atoms with Gasteiger partial charge in [-0.2, -0.15) is 0 Å². The van der Waals surface area contributed by atoms with Crippen molar-refractivity contribution in [1.82, 2.24) is 10.3 Å². The first-order valence-corrected chi connectivity index (χ1v) is 7.65. The van der Waals surface area contributed by atoms with Crippen LogP contribution >= 0.6 is 0 Å². The third-order valence-electron chi connectivity index (χ3n) is 2.68. The number of nitrogens with zero attached hydrogens (tertiary/aromatic N) is 1. The summed E-state index contributed by atoms with van der Waals surface area (Å²) >= 11 is 0. The van der Waals surface area contributed by atoms with Crippen molar-refractivity contribution in [3.05, 3.63) is 24.0 Å². The summed E-state index contributed by atoms with van der Waals surface area (Å²) in [4.78, 5) is 3.92. The smallest absolute Gasteiger partial charge is 0.236 e. The van der Waals surface area contributed by atoms with Gasteiger partial charge in [0.25, 0.3) is 0 Å². The highest BCUT2D eigenvalue weighted by Crippen LogP contribution is 2.15. The quantitative estimate of drug-likeness (QED) is 0.738. The molecule has 1 aromatic heterocycles. The lowest BCUT2D eigenvalue weighted by Gasteiger charge is -2.16. The monoisotopic (exact) mass is 271 g/mol. The fourth-order valence-electron chi connectivity index (χ4n) is 1.42. The van der Waals surface area contributed by atoms with Crippen LogP contribution in [0.1, 0.15) is 25.8 Å². The predicted octanol–water partition coefficient (Wildman–Crippen LogP) is 1.52. The highest BCUT2D eigenvalue weighted by molar-refractivity contribution is 7.93. The molecule has 102 valence electrons. The number of aromatic nitrogens is 1. The number of nitrogens with one attached hydrogen (secondary N) is 2. The normalized spacial score (nSPS) is 13.3. The molecule has 18 heavy (non-hydrogen) atoms. The molecule has 5 nitrogen and oxygen atoms in total. The van der Waals surface area contributed by atoms with Crippen LogP contribution in [0.4, 0.5) is 5.69 Å². The first-order chi connectivity index (χ1) is 8.47. The third kappa shape index (κ3) is 4.27. The highest BCUT2D eigenvalue weighted by atomic mass is 32.2. The van der Waals surface area contributed by atoms with Gasteiger partial charge in [-0.3, -0.25) is 9.71 Å². The van der Waals surface area contributed by atoms with Crippen LogP contribution in [0.25, 0.3) is 0 Å². The molecule has 6 heteroatoms. The summed E-state index contributed by atoms with van der Waals surface area (Å²) in [6.45, 7) is 6.86. The Bertz CT molecular complexity index is 474. The Morgan fingerprint density at radius 1 is 1.44 bits per heavy atom. The molecular weight excluding hydrogens is 250 g/mol. The average Bonchev–Trinajstić information content (AvgIpc) is 2.32. The maximum atomic E-state index is 12.1. The number of hydrogen-bond acceptors (Lipinski definition) is 4. The molecule has 0 radical (unpaired) electrons. The number of anilines is 1. The van der Waals surface area contributed by atoms with Gasteiger partial charge in [0.05, 0.1) is 17.1 Å². The van der Waals surface area contributed by atoms with Crippen molar-refractivity contribution in [2.45, 2.75) is 32.4 Å². The van der Waals surface area contributed by atoms with E-state index in [2.05, 4.69) is 15.0 Å². The molecule has 1 rings (SSSR count). The Balaban J connectivity index is 2.67. The summed E-state index contributed by atoms with van der Waals surface area (Å²) < 4.78 is 26.7. The molecule has 0 bridgehead atoms. The first-order valence-electron chi connectivity index (χ1n) is 6.10. The van der Waals surface area contributed by atoms with Gasteiger partial charge in [0.15, 0.2) is 0 Å². The molecule has 0 amide bonds. The molecule has 1 atom stereocenters. The second-order valence-electron chi connectivity index (χ2n) is 4.35. The van der Waals surface area contributed by atoms with E-state index in [0.29, 0.717) is 12.2 Å². The molecule has 1 unspecified atom stereocenters. The fourth-order valence-corrected chi connectivity index (χ4v) is 2.48. The molecule has 1 heterocycles. The van der Waals surface area contributed by atoms with Gasteiger partial charge in [0, 0.05) is 12.7 Å². The van der Waals surface area contributed by atoms with Crippen LogP contribution < -0.4 is 10.0 Å². The summed E-state index contributed by atoms with van der Waals surface area (Å²) in [7, 11) is -3.37. The van der Waals surface area contributed by atoms with Crippen molar-refractivity contribution < 1.29 is 8.42 Å². The van der Waals surface area contributed by atoms with Crippen LogP contribution in [0.2, 0.25) is 0 Å². The summed E-state index contributed by atoms with van der Waals surface area (Å²) in [5.74, 6) is 0. The minimum atomic E-state index is -3.37. The molecule has 0 aliphatic carbocycles. The summed E-state index contributed by atoms with van der Waals surface area (Å²) in [6.07, 6.45) is 4.15. The van der Waals surface area contributed by atoms with E-state index >= 15 is 0 Å². The van der Waals surface area contributed by atoms with E-state index in [1.165, 1.54) is 6.20 Å². The van der Waals surface area contributed by atoms with Crippen LogP contribution in [-0.2, 0) is 10.0 Å². The molecular formula is C12H21N3O2S. The second kappa shape index (κ2) is 6.70. The van der Waals surface area contributed by atoms with Gasteiger partial charge in [0.1, 0.15) is 0 Å². The van der Waals surface area contributed by atoms with Gasteiger partial charge < -0.3 is 5.32 Å². The lowest BCUT2D eigenvalue weighted by molar-refractivity contribution is 0.575. The van der Waals surface area contributed by atoms with Crippen molar-refractivity contribution in [2.24, 2.45) is 0 Å². The fraction of sp³-hybridized carbons (Fsp3) is 0.583. The van der Waals surface area contributed by atoms with Gasteiger partial charge in [-0.25, -0.2) is 8.42 Å². The van der Waals surface area contributed by atoms with Crippen molar-refractivity contribution in [3.8, 4) is 0 Å². The van der Waals surface area contributed by atoms with Crippen LogP contribution in [0.3, 0.4) is 0 Å². The standard InChI is InChI=1S/C12H21N3O2S/c1-4-6-13-8-11(3)18(16,17)15-12-9-14-7-5-10(12)2/h5,7,9,11,13,15H,4,6,8H2,1-3H3. The Kier molecular flexibility index (Phi) is 5.55. The number of pyridine rings is 1. The van der Waals surface area contributed by atoms with E-state index in [1.54, 1.807) is 19.2 Å². The van der Waals surface area contributed by atoms with Gasteiger partial charge in [0.2, 0.25) is 10.0 Å². The topological polar surface area (TPSA) is 71.1 Å². The predicted molar refractivity (Wildman–Crippen MR) is 74.1 cm³/mol. The molecule has 0 aromatic carbocycles. The lowest BCUT2D eigenvalue weighted by atomic mass is 10.3. The summed E-state index contributed by atoms with van der Waals surface area (Å²) in [6, 6.07) is 1.78. The average molecular weight is 271 g/mol. The van der Waals surface area contributed by atoms with Crippen molar-refractivity contribution >= 4 is 15.7 Å². The van der Waals surface area contributed by atoms with Crippen LogP contribution in [0.15, 0.2) is 18.5 Å². The number of sulfonamides is 1. The third-order valence-corrected chi connectivity index (χ3v) is 4.41. The molecule has 0 fully saturated rings. The van der Waals surface area contributed by atoms with Crippen LogP contribution in [0.5, 0.6) is 0 Å². The Morgan fingerprint density at radius 2 is 2.17 bits per heavy atom. The van der Waals surface area contributed by atoms with Gasteiger partial charge in [-0.15, -0.1) is 0 Å². The lowest BCUT2D eigenvalue weighted by Crippen LogP contribution is -2.35. The zero-order chi connectivity index (χ0) is 13.6. The van der Waals surface area contributed by atoms with E-state index in [1.807, 2.05) is 13.8 Å². The van der Waals surface area contributed by atoms with Gasteiger partial charge >= 0.3 is 0 Å². The van der Waals surface area contributed by atoms with Crippen molar-refractivity contribution in [3.63, 3.8) is 0 Å².